The van der Waals surface area contributed by atoms with Crippen molar-refractivity contribution in [3.63, 3.8) is 0 Å². The minimum absolute atomic E-state index is 0.0939. The molecule has 36 heavy (non-hydrogen) atoms. The van der Waals surface area contributed by atoms with Crippen LogP contribution >= 0.6 is 0 Å². The van der Waals surface area contributed by atoms with Crippen molar-refractivity contribution in [1.29, 1.82) is 0 Å². The number of amides is 1. The van der Waals surface area contributed by atoms with Gasteiger partial charge in [0.1, 0.15) is 22.6 Å². The van der Waals surface area contributed by atoms with Crippen LogP contribution in [0.4, 0.5) is 0 Å². The number of rotatable bonds is 9. The summed E-state index contributed by atoms with van der Waals surface area (Å²) < 4.78 is 16.3. The van der Waals surface area contributed by atoms with Crippen molar-refractivity contribution < 1.29 is 23.5 Å². The van der Waals surface area contributed by atoms with Gasteiger partial charge in [0.25, 0.3) is 5.91 Å². The van der Waals surface area contributed by atoms with Crippen molar-refractivity contribution in [2.24, 2.45) is 0 Å². The molecule has 0 bridgehead atoms. The number of nitrogens with one attached hydrogen (secondary N) is 1. The van der Waals surface area contributed by atoms with Gasteiger partial charge >= 0.3 is 11.6 Å². The van der Waals surface area contributed by atoms with Crippen LogP contribution in [0.5, 0.6) is 11.5 Å². The standard InChI is InChI=1S/C29H27NO6/c1-19-10-13-23(14-11-19)34-16-6-9-27(31)35-24-15-12-22-17-25(29(33)36-26(22)18-24)28(32)30-20(2)21-7-4-3-5-8-21/h3-5,7-8,10-15,17-18,20H,6,9,16H2,1-2H3,(H,30,32). The summed E-state index contributed by atoms with van der Waals surface area (Å²) in [6.45, 7) is 4.23. The van der Waals surface area contributed by atoms with Gasteiger partial charge in [-0.15, -0.1) is 0 Å². The van der Waals surface area contributed by atoms with Gasteiger partial charge in [-0.25, -0.2) is 4.79 Å². The van der Waals surface area contributed by atoms with Gasteiger partial charge in [0.15, 0.2) is 0 Å². The largest absolute Gasteiger partial charge is 0.494 e. The Kier molecular flexibility index (Phi) is 7.80. The lowest BCUT2D eigenvalue weighted by atomic mass is 10.1. The average molecular weight is 486 g/mol. The molecule has 1 heterocycles. The van der Waals surface area contributed by atoms with Gasteiger partial charge in [0, 0.05) is 17.9 Å². The smallest absolute Gasteiger partial charge is 0.349 e. The molecule has 7 heteroatoms. The molecule has 1 amide bonds. The fourth-order valence-corrected chi connectivity index (χ4v) is 3.64. The molecule has 1 unspecified atom stereocenters. The molecule has 184 valence electrons. The molecule has 1 N–H and O–H groups in total. The molecule has 0 aliphatic heterocycles. The maximum Gasteiger partial charge on any atom is 0.349 e. The summed E-state index contributed by atoms with van der Waals surface area (Å²) in [6.07, 6.45) is 0.668. The lowest BCUT2D eigenvalue weighted by molar-refractivity contribution is -0.134. The third-order valence-corrected chi connectivity index (χ3v) is 5.65. The summed E-state index contributed by atoms with van der Waals surface area (Å²) in [5, 5.41) is 3.35. The van der Waals surface area contributed by atoms with Crippen LogP contribution in [0.25, 0.3) is 11.0 Å². The first kappa shape index (κ1) is 24.7. The van der Waals surface area contributed by atoms with Gasteiger partial charge < -0.3 is 19.2 Å². The summed E-state index contributed by atoms with van der Waals surface area (Å²) in [4.78, 5) is 37.4. The highest BCUT2D eigenvalue weighted by Crippen LogP contribution is 2.22. The molecular weight excluding hydrogens is 458 g/mol. The Balaban J connectivity index is 1.34. The van der Waals surface area contributed by atoms with Gasteiger partial charge in [0.2, 0.25) is 0 Å². The number of hydrogen-bond donors (Lipinski definition) is 1. The molecular formula is C29H27NO6. The first-order chi connectivity index (χ1) is 17.4. The molecule has 4 rings (SSSR count). The number of hydrogen-bond acceptors (Lipinski definition) is 6. The van der Waals surface area contributed by atoms with Crippen LogP contribution in [0.3, 0.4) is 0 Å². The van der Waals surface area contributed by atoms with Crippen molar-refractivity contribution in [1.82, 2.24) is 5.32 Å². The first-order valence-corrected chi connectivity index (χ1v) is 11.7. The molecule has 0 radical (unpaired) electrons. The van der Waals surface area contributed by atoms with Crippen LogP contribution in [-0.2, 0) is 4.79 Å². The fourth-order valence-electron chi connectivity index (χ4n) is 3.64. The summed E-state index contributed by atoms with van der Waals surface area (Å²) in [7, 11) is 0. The molecule has 4 aromatic rings. The maximum absolute atomic E-state index is 12.7. The molecule has 1 atom stereocenters. The molecule has 0 spiro atoms. The van der Waals surface area contributed by atoms with E-state index >= 15 is 0 Å². The van der Waals surface area contributed by atoms with Gasteiger partial charge in [-0.2, -0.15) is 0 Å². The number of carbonyl (C=O) groups excluding carboxylic acids is 2. The maximum atomic E-state index is 12.7. The van der Waals surface area contributed by atoms with Crippen LogP contribution < -0.4 is 20.4 Å². The molecule has 0 fully saturated rings. The van der Waals surface area contributed by atoms with Crippen molar-refractivity contribution in [2.75, 3.05) is 6.61 Å². The topological polar surface area (TPSA) is 94.8 Å². The Morgan fingerprint density at radius 2 is 1.67 bits per heavy atom. The number of esters is 1. The summed E-state index contributed by atoms with van der Waals surface area (Å²) >= 11 is 0. The van der Waals surface area contributed by atoms with E-state index in [0.29, 0.717) is 18.4 Å². The lowest BCUT2D eigenvalue weighted by Gasteiger charge is -2.14. The number of aryl methyl sites for hydroxylation is 1. The lowest BCUT2D eigenvalue weighted by Crippen LogP contribution is -2.30. The molecule has 0 saturated carbocycles. The monoisotopic (exact) mass is 485 g/mol. The molecule has 3 aromatic carbocycles. The van der Waals surface area contributed by atoms with Crippen molar-refractivity contribution in [3.05, 3.63) is 106 Å². The van der Waals surface area contributed by atoms with Crippen LogP contribution in [0.2, 0.25) is 0 Å². The number of benzene rings is 3. The normalized spacial score (nSPS) is 11.6. The fraction of sp³-hybridized carbons (Fsp3) is 0.207. The first-order valence-electron chi connectivity index (χ1n) is 11.7. The van der Waals surface area contributed by atoms with E-state index < -0.39 is 17.5 Å². The van der Waals surface area contributed by atoms with Crippen molar-refractivity contribution >= 4 is 22.8 Å². The van der Waals surface area contributed by atoms with E-state index in [9.17, 15) is 14.4 Å². The van der Waals surface area contributed by atoms with Gasteiger partial charge in [-0.05, 0) is 56.2 Å². The van der Waals surface area contributed by atoms with E-state index in [2.05, 4.69) is 5.32 Å². The highest BCUT2D eigenvalue weighted by Gasteiger charge is 2.17. The van der Waals surface area contributed by atoms with E-state index in [0.717, 1.165) is 16.9 Å². The minimum atomic E-state index is -0.767. The minimum Gasteiger partial charge on any atom is -0.494 e. The predicted octanol–water partition coefficient (Wildman–Crippen LogP) is 5.36. The van der Waals surface area contributed by atoms with Gasteiger partial charge in [-0.3, -0.25) is 9.59 Å². The zero-order chi connectivity index (χ0) is 25.5. The molecule has 0 aliphatic rings. The third kappa shape index (κ3) is 6.39. The zero-order valence-corrected chi connectivity index (χ0v) is 20.2. The predicted molar refractivity (Wildman–Crippen MR) is 136 cm³/mol. The molecule has 1 aromatic heterocycles. The van der Waals surface area contributed by atoms with Crippen molar-refractivity contribution in [3.8, 4) is 11.5 Å². The van der Waals surface area contributed by atoms with Crippen LogP contribution in [0, 0.1) is 6.92 Å². The van der Waals surface area contributed by atoms with E-state index in [4.69, 9.17) is 13.9 Å². The van der Waals surface area contributed by atoms with Crippen molar-refractivity contribution in [2.45, 2.75) is 32.7 Å². The van der Waals surface area contributed by atoms with Gasteiger partial charge in [0.05, 0.1) is 12.6 Å². The zero-order valence-electron chi connectivity index (χ0n) is 20.2. The highest BCUT2D eigenvalue weighted by molar-refractivity contribution is 5.97. The molecule has 0 aliphatic carbocycles. The Labute approximate surface area is 208 Å². The second kappa shape index (κ2) is 11.4. The van der Waals surface area contributed by atoms with E-state index in [1.54, 1.807) is 12.1 Å². The Morgan fingerprint density at radius 3 is 2.42 bits per heavy atom. The highest BCUT2D eigenvalue weighted by atomic mass is 16.5. The van der Waals surface area contributed by atoms with Crippen LogP contribution in [-0.4, -0.2) is 18.5 Å². The number of fused-ring (bicyclic) bond motifs is 1. The Hall–Kier alpha value is -4.39. The van der Waals surface area contributed by atoms with E-state index in [-0.39, 0.29) is 29.4 Å². The SMILES string of the molecule is Cc1ccc(OCCCC(=O)Oc2ccc3cc(C(=O)NC(C)c4ccccc4)c(=O)oc3c2)cc1. The van der Waals surface area contributed by atoms with E-state index in [1.807, 2.05) is 68.4 Å². The number of carbonyl (C=O) groups is 2. The summed E-state index contributed by atoms with van der Waals surface area (Å²) in [6, 6.07) is 23.0. The van der Waals surface area contributed by atoms with Crippen LogP contribution in [0.15, 0.2) is 88.1 Å². The molecule has 7 nitrogen and oxygen atoms in total. The Bertz CT molecular complexity index is 1410. The number of ether oxygens (including phenoxy) is 2. The Morgan fingerprint density at radius 1 is 0.944 bits per heavy atom. The summed E-state index contributed by atoms with van der Waals surface area (Å²) in [5.41, 5.74) is 1.43. The third-order valence-electron chi connectivity index (χ3n) is 5.65. The molecule has 0 saturated heterocycles. The van der Waals surface area contributed by atoms with Crippen LogP contribution in [0.1, 0.15) is 47.3 Å². The average Bonchev–Trinajstić information content (AvgIpc) is 2.87. The second-order valence-electron chi connectivity index (χ2n) is 8.49. The van der Waals surface area contributed by atoms with E-state index in [1.165, 1.54) is 12.1 Å². The van der Waals surface area contributed by atoms with Gasteiger partial charge in [-0.1, -0.05) is 48.0 Å². The second-order valence-corrected chi connectivity index (χ2v) is 8.49. The quantitative estimate of drug-likeness (QED) is 0.148. The summed E-state index contributed by atoms with van der Waals surface area (Å²) in [5.74, 6) is 0.0616.